The van der Waals surface area contributed by atoms with E-state index in [4.69, 9.17) is 4.52 Å². The van der Waals surface area contributed by atoms with Crippen LogP contribution in [0.25, 0.3) is 0 Å². The average molecular weight is 280 g/mol. The number of urea groups is 1. The van der Waals surface area contributed by atoms with E-state index in [1.54, 1.807) is 11.9 Å². The number of carbonyl (C=O) groups is 1. The molecule has 20 heavy (non-hydrogen) atoms. The van der Waals surface area contributed by atoms with E-state index in [1.807, 2.05) is 13.0 Å². The molecule has 1 atom stereocenters. The first kappa shape index (κ1) is 14.8. The monoisotopic (exact) mass is 280 g/mol. The lowest BCUT2D eigenvalue weighted by Gasteiger charge is -2.25. The molecule has 6 heteroatoms. The molecule has 0 bridgehead atoms. The van der Waals surface area contributed by atoms with Crippen LogP contribution >= 0.6 is 0 Å². The summed E-state index contributed by atoms with van der Waals surface area (Å²) >= 11 is 0. The van der Waals surface area contributed by atoms with Crippen molar-refractivity contribution in [2.24, 2.45) is 0 Å². The maximum absolute atomic E-state index is 12.0. The molecule has 1 aromatic heterocycles. The van der Waals surface area contributed by atoms with Crippen LogP contribution in [0.4, 0.5) is 4.79 Å². The van der Waals surface area contributed by atoms with E-state index in [2.05, 4.69) is 22.3 Å². The Morgan fingerprint density at radius 1 is 1.55 bits per heavy atom. The Kier molecular flexibility index (Phi) is 5.00. The number of carbonyl (C=O) groups excluding carboxylic acids is 1. The van der Waals surface area contributed by atoms with Crippen molar-refractivity contribution in [1.29, 1.82) is 0 Å². The van der Waals surface area contributed by atoms with E-state index in [0.29, 0.717) is 19.1 Å². The molecule has 0 aliphatic carbocycles. The third-order valence-corrected chi connectivity index (χ3v) is 3.74. The fourth-order valence-electron chi connectivity index (χ4n) is 2.49. The molecule has 0 aromatic carbocycles. The van der Waals surface area contributed by atoms with Crippen molar-refractivity contribution in [3.63, 3.8) is 0 Å². The predicted octanol–water partition coefficient (Wildman–Crippen LogP) is 1.61. The molecular formula is C14H24N4O2. The van der Waals surface area contributed by atoms with Crippen LogP contribution in [0.5, 0.6) is 0 Å². The van der Waals surface area contributed by atoms with E-state index in [1.165, 1.54) is 12.8 Å². The first-order valence-corrected chi connectivity index (χ1v) is 7.21. The quantitative estimate of drug-likeness (QED) is 0.890. The number of amides is 2. The largest absolute Gasteiger partial charge is 0.361 e. The highest BCUT2D eigenvalue weighted by Crippen LogP contribution is 2.11. The van der Waals surface area contributed by atoms with Gasteiger partial charge >= 0.3 is 6.03 Å². The number of likely N-dealkylation sites (tertiary alicyclic amines) is 1. The van der Waals surface area contributed by atoms with Gasteiger partial charge in [-0.3, -0.25) is 4.90 Å². The molecule has 1 aromatic rings. The molecule has 2 rings (SSSR count). The molecule has 0 unspecified atom stereocenters. The minimum absolute atomic E-state index is 0.0725. The van der Waals surface area contributed by atoms with Crippen molar-refractivity contribution >= 4 is 6.03 Å². The Balaban J connectivity index is 1.73. The third-order valence-electron chi connectivity index (χ3n) is 3.74. The smallest absolute Gasteiger partial charge is 0.317 e. The van der Waals surface area contributed by atoms with Gasteiger partial charge in [-0.15, -0.1) is 0 Å². The molecular weight excluding hydrogens is 256 g/mol. The van der Waals surface area contributed by atoms with Crippen LogP contribution in [-0.2, 0) is 6.54 Å². The zero-order valence-corrected chi connectivity index (χ0v) is 12.6. The molecule has 2 heterocycles. The summed E-state index contributed by atoms with van der Waals surface area (Å²) in [4.78, 5) is 16.0. The summed E-state index contributed by atoms with van der Waals surface area (Å²) in [5, 5.41) is 6.86. The molecule has 1 N–H and O–H groups in total. The number of nitrogens with one attached hydrogen (secondary N) is 1. The van der Waals surface area contributed by atoms with Gasteiger partial charge in [-0.1, -0.05) is 5.16 Å². The number of hydrogen-bond acceptors (Lipinski definition) is 4. The zero-order chi connectivity index (χ0) is 14.5. The molecule has 6 nitrogen and oxygen atoms in total. The maximum Gasteiger partial charge on any atom is 0.317 e. The second-order valence-corrected chi connectivity index (χ2v) is 5.56. The third kappa shape index (κ3) is 3.96. The maximum atomic E-state index is 12.0. The Bertz CT molecular complexity index is 440. The van der Waals surface area contributed by atoms with Gasteiger partial charge in [-0.05, 0) is 39.8 Å². The lowest BCUT2D eigenvalue weighted by molar-refractivity contribution is 0.197. The van der Waals surface area contributed by atoms with Gasteiger partial charge in [0, 0.05) is 25.7 Å². The number of rotatable bonds is 5. The molecule has 1 fully saturated rings. The lowest BCUT2D eigenvalue weighted by Crippen LogP contribution is -2.44. The number of hydrogen-bond donors (Lipinski definition) is 1. The zero-order valence-electron chi connectivity index (χ0n) is 12.6. The average Bonchev–Trinajstić information content (AvgIpc) is 3.07. The second kappa shape index (κ2) is 6.74. The highest BCUT2D eigenvalue weighted by molar-refractivity contribution is 5.73. The van der Waals surface area contributed by atoms with Gasteiger partial charge in [0.1, 0.15) is 11.5 Å². The van der Waals surface area contributed by atoms with Crippen molar-refractivity contribution in [3.05, 3.63) is 17.5 Å². The van der Waals surface area contributed by atoms with Crippen LogP contribution in [0.1, 0.15) is 31.2 Å². The molecule has 0 spiro atoms. The van der Waals surface area contributed by atoms with E-state index in [0.717, 1.165) is 24.5 Å². The van der Waals surface area contributed by atoms with Gasteiger partial charge < -0.3 is 14.7 Å². The van der Waals surface area contributed by atoms with Crippen molar-refractivity contribution in [2.75, 3.05) is 26.7 Å². The summed E-state index contributed by atoms with van der Waals surface area (Å²) in [6.45, 7) is 7.43. The Labute approximate surface area is 120 Å². The summed E-state index contributed by atoms with van der Waals surface area (Å²) in [5.74, 6) is 0.761. The summed E-state index contributed by atoms with van der Waals surface area (Å²) in [7, 11) is 1.76. The number of nitrogens with zero attached hydrogens (tertiary/aromatic N) is 3. The van der Waals surface area contributed by atoms with Crippen LogP contribution in [0, 0.1) is 6.92 Å². The van der Waals surface area contributed by atoms with E-state index in [-0.39, 0.29) is 6.03 Å². The predicted molar refractivity (Wildman–Crippen MR) is 76.4 cm³/mol. The van der Waals surface area contributed by atoms with Gasteiger partial charge in [-0.2, -0.15) is 0 Å². The van der Waals surface area contributed by atoms with Gasteiger partial charge in [0.25, 0.3) is 0 Å². The highest BCUT2D eigenvalue weighted by Gasteiger charge is 2.19. The molecule has 1 aliphatic heterocycles. The molecule has 1 saturated heterocycles. The topological polar surface area (TPSA) is 61.6 Å². The number of aryl methyl sites for hydroxylation is 1. The van der Waals surface area contributed by atoms with Crippen LogP contribution < -0.4 is 5.32 Å². The van der Waals surface area contributed by atoms with Crippen molar-refractivity contribution in [1.82, 2.24) is 20.3 Å². The fourth-order valence-corrected chi connectivity index (χ4v) is 2.49. The lowest BCUT2D eigenvalue weighted by atomic mass is 10.3. The van der Waals surface area contributed by atoms with Crippen molar-refractivity contribution in [2.45, 2.75) is 39.3 Å². The van der Waals surface area contributed by atoms with E-state index in [9.17, 15) is 4.79 Å². The highest BCUT2D eigenvalue weighted by atomic mass is 16.5. The SMILES string of the molecule is Cc1cc(CN(C)C(=O)NC[C@@H](C)N2CCCC2)no1. The number of aromatic nitrogens is 1. The Morgan fingerprint density at radius 2 is 2.25 bits per heavy atom. The minimum atomic E-state index is -0.0725. The van der Waals surface area contributed by atoms with E-state index >= 15 is 0 Å². The fraction of sp³-hybridized carbons (Fsp3) is 0.714. The van der Waals surface area contributed by atoms with Gasteiger partial charge in [0.2, 0.25) is 0 Å². The van der Waals surface area contributed by atoms with Crippen molar-refractivity contribution < 1.29 is 9.32 Å². The summed E-state index contributed by atoms with van der Waals surface area (Å²) in [6, 6.07) is 2.16. The Hall–Kier alpha value is -1.56. The Morgan fingerprint density at radius 3 is 2.85 bits per heavy atom. The summed E-state index contributed by atoms with van der Waals surface area (Å²) < 4.78 is 5.00. The van der Waals surface area contributed by atoms with Gasteiger partial charge in [0.05, 0.1) is 6.54 Å². The van der Waals surface area contributed by atoms with Crippen LogP contribution in [0.3, 0.4) is 0 Å². The molecule has 0 radical (unpaired) electrons. The standard InChI is InChI=1S/C14H24N4O2/c1-11(18-6-4-5-7-18)9-15-14(19)17(3)10-13-8-12(2)20-16-13/h8,11H,4-7,9-10H2,1-3H3,(H,15,19)/t11-/m1/s1. The summed E-state index contributed by atoms with van der Waals surface area (Å²) in [5.41, 5.74) is 0.771. The first-order chi connectivity index (χ1) is 9.56. The van der Waals surface area contributed by atoms with Crippen LogP contribution in [0.15, 0.2) is 10.6 Å². The molecule has 1 aliphatic rings. The summed E-state index contributed by atoms with van der Waals surface area (Å²) in [6.07, 6.45) is 2.54. The van der Waals surface area contributed by atoms with Crippen LogP contribution in [-0.4, -0.2) is 53.7 Å². The van der Waals surface area contributed by atoms with Crippen LogP contribution in [0.2, 0.25) is 0 Å². The molecule has 0 saturated carbocycles. The van der Waals surface area contributed by atoms with Gasteiger partial charge in [-0.25, -0.2) is 4.79 Å². The second-order valence-electron chi connectivity index (χ2n) is 5.56. The normalized spacial score (nSPS) is 17.1. The van der Waals surface area contributed by atoms with Gasteiger partial charge in [0.15, 0.2) is 0 Å². The van der Waals surface area contributed by atoms with Crippen molar-refractivity contribution in [3.8, 4) is 0 Å². The van der Waals surface area contributed by atoms with E-state index < -0.39 is 0 Å². The molecule has 112 valence electrons. The molecule has 2 amide bonds. The first-order valence-electron chi connectivity index (χ1n) is 7.21. The minimum Gasteiger partial charge on any atom is -0.361 e.